The monoisotopic (exact) mass is 212 g/mol. The van der Waals surface area contributed by atoms with Crippen LogP contribution in [-0.4, -0.2) is 10.9 Å². The molecule has 0 aliphatic heterocycles. The summed E-state index contributed by atoms with van der Waals surface area (Å²) in [5.74, 6) is -0.0339. The topological polar surface area (TPSA) is 108 Å². The fraction of sp³-hybridized carbons (Fsp3) is 0. The van der Waals surface area contributed by atoms with E-state index in [9.17, 15) is 10.1 Å². The molecule has 0 bridgehead atoms. The molecule has 0 amide bonds. The van der Waals surface area contributed by atoms with Gasteiger partial charge in [0.2, 0.25) is 0 Å². The molecule has 6 nitrogen and oxygen atoms in total. The highest BCUT2D eigenvalue weighted by molar-refractivity contribution is 7.98. The molecule has 0 fully saturated rings. The van der Waals surface area contributed by atoms with Gasteiger partial charge in [-0.3, -0.25) is 10.1 Å². The highest BCUT2D eigenvalue weighted by Gasteiger charge is 2.03. The Bertz CT molecular complexity index is 358. The fourth-order valence-corrected chi connectivity index (χ4v) is 1.20. The first kappa shape index (κ1) is 10.3. The Balaban J connectivity index is 2.74. The van der Waals surface area contributed by atoms with Crippen LogP contribution in [0.2, 0.25) is 0 Å². The van der Waals surface area contributed by atoms with Crippen molar-refractivity contribution >= 4 is 23.6 Å². The van der Waals surface area contributed by atoms with Gasteiger partial charge in [0.1, 0.15) is 0 Å². The van der Waals surface area contributed by atoms with Crippen molar-refractivity contribution in [2.45, 2.75) is 4.90 Å². The number of nitrogens with two attached hydrogens (primary N) is 2. The quantitative estimate of drug-likeness (QED) is 0.254. The summed E-state index contributed by atoms with van der Waals surface area (Å²) in [6, 6.07) is 5.94. The molecule has 0 spiro atoms. The van der Waals surface area contributed by atoms with Crippen LogP contribution in [0, 0.1) is 10.1 Å². The molecule has 0 atom stereocenters. The maximum atomic E-state index is 10.3. The Kier molecular flexibility index (Phi) is 3.29. The highest BCUT2D eigenvalue weighted by Crippen LogP contribution is 2.21. The molecule has 4 N–H and O–H groups in total. The van der Waals surface area contributed by atoms with Crippen molar-refractivity contribution in [2.75, 3.05) is 0 Å². The maximum absolute atomic E-state index is 10.3. The standard InChI is InChI=1S/C7H8N4O2S/c8-7(9)10-14-6-3-1-5(2-4-6)11(12)13/h1-4H,(H4,8,9,10). The first-order valence-corrected chi connectivity index (χ1v) is 4.37. The van der Waals surface area contributed by atoms with Crippen LogP contribution in [0.5, 0.6) is 0 Å². The number of rotatable bonds is 3. The SMILES string of the molecule is NC(N)=NSc1ccc([N+](=O)[O-])cc1. The minimum absolute atomic E-state index is 0.0339. The number of nitro groups is 1. The minimum Gasteiger partial charge on any atom is -0.369 e. The number of hydrogen-bond acceptors (Lipinski definition) is 4. The van der Waals surface area contributed by atoms with Gasteiger partial charge in [-0.2, -0.15) is 4.40 Å². The number of guanidine groups is 1. The maximum Gasteiger partial charge on any atom is 0.269 e. The van der Waals surface area contributed by atoms with Crippen molar-refractivity contribution in [1.82, 2.24) is 0 Å². The third-order valence-electron chi connectivity index (χ3n) is 1.30. The lowest BCUT2D eigenvalue weighted by Gasteiger charge is -1.95. The summed E-state index contributed by atoms with van der Waals surface area (Å²) < 4.78 is 3.69. The molecule has 0 saturated carbocycles. The molecule has 0 saturated heterocycles. The molecule has 0 aromatic heterocycles. The summed E-state index contributed by atoms with van der Waals surface area (Å²) >= 11 is 1.06. The van der Waals surface area contributed by atoms with Crippen LogP contribution in [0.25, 0.3) is 0 Å². The molecule has 0 aliphatic rings. The molecule has 1 aromatic carbocycles. The van der Waals surface area contributed by atoms with Gasteiger partial charge < -0.3 is 11.5 Å². The molecule has 7 heteroatoms. The van der Waals surface area contributed by atoms with E-state index >= 15 is 0 Å². The fourth-order valence-electron chi connectivity index (χ4n) is 0.734. The first-order valence-electron chi connectivity index (χ1n) is 3.60. The zero-order valence-corrected chi connectivity index (χ0v) is 7.90. The van der Waals surface area contributed by atoms with E-state index in [1.54, 1.807) is 12.1 Å². The van der Waals surface area contributed by atoms with Gasteiger partial charge in [0.25, 0.3) is 5.69 Å². The molecule has 0 unspecified atom stereocenters. The van der Waals surface area contributed by atoms with Gasteiger partial charge in [-0.15, -0.1) is 0 Å². The molecule has 1 aromatic rings. The van der Waals surface area contributed by atoms with Crippen molar-refractivity contribution in [3.63, 3.8) is 0 Å². The van der Waals surface area contributed by atoms with E-state index in [1.165, 1.54) is 12.1 Å². The second-order valence-electron chi connectivity index (χ2n) is 2.36. The van der Waals surface area contributed by atoms with Gasteiger partial charge in [-0.05, 0) is 12.1 Å². The van der Waals surface area contributed by atoms with E-state index in [-0.39, 0.29) is 11.6 Å². The van der Waals surface area contributed by atoms with Gasteiger partial charge in [-0.1, -0.05) is 0 Å². The summed E-state index contributed by atoms with van der Waals surface area (Å²) in [5.41, 5.74) is 10.3. The van der Waals surface area contributed by atoms with Gasteiger partial charge in [0.15, 0.2) is 5.96 Å². The van der Waals surface area contributed by atoms with Crippen molar-refractivity contribution < 1.29 is 4.92 Å². The van der Waals surface area contributed by atoms with Crippen LogP contribution < -0.4 is 11.5 Å². The Morgan fingerprint density at radius 3 is 2.36 bits per heavy atom. The third kappa shape index (κ3) is 2.94. The van der Waals surface area contributed by atoms with E-state index in [4.69, 9.17) is 11.5 Å². The summed E-state index contributed by atoms with van der Waals surface area (Å²) in [7, 11) is 0. The van der Waals surface area contributed by atoms with Crippen LogP contribution in [-0.2, 0) is 0 Å². The van der Waals surface area contributed by atoms with E-state index in [0.717, 1.165) is 16.8 Å². The Morgan fingerprint density at radius 2 is 1.93 bits per heavy atom. The first-order chi connectivity index (χ1) is 6.59. The number of hydrogen-bond donors (Lipinski definition) is 2. The lowest BCUT2D eigenvalue weighted by molar-refractivity contribution is -0.384. The van der Waals surface area contributed by atoms with Gasteiger partial charge in [0.05, 0.1) is 4.92 Å². The normalized spacial score (nSPS) is 9.43. The van der Waals surface area contributed by atoms with Gasteiger partial charge in [-0.25, -0.2) is 0 Å². The van der Waals surface area contributed by atoms with Gasteiger partial charge >= 0.3 is 0 Å². The molecular formula is C7H8N4O2S. The average molecular weight is 212 g/mol. The largest absolute Gasteiger partial charge is 0.369 e. The predicted octanol–water partition coefficient (Wildman–Crippen LogP) is 0.875. The van der Waals surface area contributed by atoms with Crippen LogP contribution >= 0.6 is 11.9 Å². The number of nitrogens with zero attached hydrogens (tertiary/aromatic N) is 2. The number of nitro benzene ring substituents is 1. The zero-order chi connectivity index (χ0) is 10.6. The van der Waals surface area contributed by atoms with Gasteiger partial charge in [0, 0.05) is 29.0 Å². The highest BCUT2D eigenvalue weighted by atomic mass is 32.2. The lowest BCUT2D eigenvalue weighted by atomic mass is 10.3. The van der Waals surface area contributed by atoms with E-state index in [2.05, 4.69) is 4.40 Å². The number of benzene rings is 1. The summed E-state index contributed by atoms with van der Waals surface area (Å²) in [6.07, 6.45) is 0. The van der Waals surface area contributed by atoms with Crippen molar-refractivity contribution in [3.05, 3.63) is 34.4 Å². The van der Waals surface area contributed by atoms with Crippen molar-refractivity contribution in [1.29, 1.82) is 0 Å². The molecule has 74 valence electrons. The molecular weight excluding hydrogens is 204 g/mol. The third-order valence-corrected chi connectivity index (χ3v) is 2.09. The van der Waals surface area contributed by atoms with E-state index in [0.29, 0.717) is 0 Å². The van der Waals surface area contributed by atoms with Crippen molar-refractivity contribution in [2.24, 2.45) is 15.9 Å². The van der Waals surface area contributed by atoms with Crippen LogP contribution in [0.4, 0.5) is 5.69 Å². The molecule has 14 heavy (non-hydrogen) atoms. The zero-order valence-electron chi connectivity index (χ0n) is 7.08. The molecule has 0 radical (unpaired) electrons. The predicted molar refractivity (Wildman–Crippen MR) is 54.8 cm³/mol. The average Bonchev–Trinajstić information content (AvgIpc) is 2.15. The number of non-ortho nitro benzene ring substituents is 1. The van der Waals surface area contributed by atoms with E-state index < -0.39 is 4.92 Å². The Hall–Kier alpha value is -1.76. The smallest absolute Gasteiger partial charge is 0.269 e. The summed E-state index contributed by atoms with van der Waals surface area (Å²) in [4.78, 5) is 10.6. The second-order valence-corrected chi connectivity index (χ2v) is 3.20. The van der Waals surface area contributed by atoms with Crippen molar-refractivity contribution in [3.8, 4) is 0 Å². The Labute approximate surface area is 84.3 Å². The summed E-state index contributed by atoms with van der Waals surface area (Å²) in [6.45, 7) is 0. The lowest BCUT2D eigenvalue weighted by Crippen LogP contribution is -2.21. The van der Waals surface area contributed by atoms with Crippen LogP contribution in [0.3, 0.4) is 0 Å². The molecule has 0 aliphatic carbocycles. The molecule has 1 rings (SSSR count). The molecule has 0 heterocycles. The van der Waals surface area contributed by atoms with Crippen LogP contribution in [0.15, 0.2) is 33.6 Å². The van der Waals surface area contributed by atoms with E-state index in [1.807, 2.05) is 0 Å². The Morgan fingerprint density at radius 1 is 1.36 bits per heavy atom. The second kappa shape index (κ2) is 4.47. The summed E-state index contributed by atoms with van der Waals surface area (Å²) in [5, 5.41) is 10.3. The van der Waals surface area contributed by atoms with Crippen LogP contribution in [0.1, 0.15) is 0 Å². The minimum atomic E-state index is -0.463.